The van der Waals surface area contributed by atoms with Crippen molar-refractivity contribution in [3.63, 3.8) is 0 Å². The number of hydrogen-bond acceptors (Lipinski definition) is 5. The van der Waals surface area contributed by atoms with E-state index in [1.807, 2.05) is 36.5 Å². The van der Waals surface area contributed by atoms with Crippen LogP contribution in [0.15, 0.2) is 103 Å². The van der Waals surface area contributed by atoms with Gasteiger partial charge in [0.2, 0.25) is 0 Å². The van der Waals surface area contributed by atoms with Crippen molar-refractivity contribution in [2.75, 3.05) is 11.9 Å². The molecule has 2 aromatic heterocycles. The van der Waals surface area contributed by atoms with E-state index in [1.165, 1.54) is 16.7 Å². The van der Waals surface area contributed by atoms with Gasteiger partial charge in [0.05, 0.1) is 16.8 Å². The maximum Gasteiger partial charge on any atom is 0.329 e. The number of anilines is 1. The molecule has 3 aromatic carbocycles. The lowest BCUT2D eigenvalue weighted by atomic mass is 9.59. The maximum absolute atomic E-state index is 12.8. The number of ether oxygens (including phenoxy) is 1. The molecule has 2 atom stereocenters. The van der Waals surface area contributed by atoms with Gasteiger partial charge in [0, 0.05) is 22.8 Å². The van der Waals surface area contributed by atoms with Crippen molar-refractivity contribution >= 4 is 44.8 Å². The van der Waals surface area contributed by atoms with E-state index in [0.29, 0.717) is 30.4 Å². The topological polar surface area (TPSA) is 71.5 Å². The highest BCUT2D eigenvalue weighted by Gasteiger charge is 2.54. The summed E-state index contributed by atoms with van der Waals surface area (Å²) >= 11 is 7.91. The SMILES string of the molecule is O=C(O)C1(Nc2cccc(Cl)c2)CCC2(CC1)c1ccccc1CC2C[C@@H](COc1ccnc2ccsc12)c1ccccc1. The lowest BCUT2D eigenvalue weighted by Gasteiger charge is -2.47. The molecule has 44 heavy (non-hydrogen) atoms. The molecule has 5 aromatic rings. The highest BCUT2D eigenvalue weighted by Crippen LogP contribution is 2.56. The smallest absolute Gasteiger partial charge is 0.329 e. The Balaban J connectivity index is 1.18. The molecule has 0 radical (unpaired) electrons. The summed E-state index contributed by atoms with van der Waals surface area (Å²) in [6, 6.07) is 30.9. The zero-order valence-corrected chi connectivity index (χ0v) is 26.0. The van der Waals surface area contributed by atoms with Crippen LogP contribution in [0.25, 0.3) is 10.2 Å². The first kappa shape index (κ1) is 28.9. The number of pyridine rings is 1. The number of nitrogens with one attached hydrogen (secondary N) is 1. The largest absolute Gasteiger partial charge is 0.491 e. The fraction of sp³-hybridized carbons (Fsp3) is 0.297. The number of halogens is 1. The molecule has 2 heterocycles. The van der Waals surface area contributed by atoms with Crippen molar-refractivity contribution in [3.8, 4) is 5.75 Å². The second kappa shape index (κ2) is 11.9. The lowest BCUT2D eigenvalue weighted by Crippen LogP contribution is -2.53. The predicted molar refractivity (Wildman–Crippen MR) is 178 cm³/mol. The molecule has 2 N–H and O–H groups in total. The van der Waals surface area contributed by atoms with Gasteiger partial charge in [-0.3, -0.25) is 4.98 Å². The number of benzene rings is 3. The summed E-state index contributed by atoms with van der Waals surface area (Å²) in [5, 5.41) is 16.6. The zero-order valence-electron chi connectivity index (χ0n) is 24.4. The Kier molecular flexibility index (Phi) is 7.81. The Morgan fingerprint density at radius 1 is 1.00 bits per heavy atom. The van der Waals surface area contributed by atoms with Gasteiger partial charge in [-0.2, -0.15) is 0 Å². The van der Waals surface area contributed by atoms with Gasteiger partial charge in [0.25, 0.3) is 0 Å². The zero-order chi connectivity index (χ0) is 30.1. The minimum Gasteiger partial charge on any atom is -0.491 e. The normalized spacial score (nSPS) is 23.3. The van der Waals surface area contributed by atoms with Crippen LogP contribution in [0.3, 0.4) is 0 Å². The summed E-state index contributed by atoms with van der Waals surface area (Å²) in [5.41, 5.74) is 4.65. The fourth-order valence-electron chi connectivity index (χ4n) is 7.73. The van der Waals surface area contributed by atoms with Crippen LogP contribution in [0.4, 0.5) is 5.69 Å². The molecule has 7 rings (SSSR count). The average molecular weight is 623 g/mol. The summed E-state index contributed by atoms with van der Waals surface area (Å²) < 4.78 is 7.65. The van der Waals surface area contributed by atoms with Crippen LogP contribution in [0.5, 0.6) is 5.75 Å². The van der Waals surface area contributed by atoms with E-state index in [9.17, 15) is 9.90 Å². The minimum atomic E-state index is -1.03. The number of rotatable bonds is 9. The molecule has 1 fully saturated rings. The van der Waals surface area contributed by atoms with Crippen LogP contribution in [-0.2, 0) is 16.6 Å². The molecule has 7 heteroatoms. The molecule has 0 bridgehead atoms. The van der Waals surface area contributed by atoms with Crippen LogP contribution in [-0.4, -0.2) is 28.2 Å². The van der Waals surface area contributed by atoms with E-state index in [0.717, 1.165) is 47.3 Å². The number of carbonyl (C=O) groups is 1. The number of aromatic nitrogens is 1. The monoisotopic (exact) mass is 622 g/mol. The van der Waals surface area contributed by atoms with Gasteiger partial charge in [0.15, 0.2) is 0 Å². The van der Waals surface area contributed by atoms with Crippen LogP contribution in [0.2, 0.25) is 5.02 Å². The van der Waals surface area contributed by atoms with E-state index in [-0.39, 0.29) is 11.3 Å². The number of thiophene rings is 1. The number of fused-ring (bicyclic) bond motifs is 3. The molecule has 0 amide bonds. The second-order valence-corrected chi connectivity index (χ2v) is 13.7. The first-order valence-electron chi connectivity index (χ1n) is 15.3. The Labute approximate surface area is 266 Å². The van der Waals surface area contributed by atoms with E-state index in [4.69, 9.17) is 16.3 Å². The first-order chi connectivity index (χ1) is 21.5. The van der Waals surface area contributed by atoms with Crippen LogP contribution >= 0.6 is 22.9 Å². The van der Waals surface area contributed by atoms with Crippen molar-refractivity contribution in [1.82, 2.24) is 4.98 Å². The van der Waals surface area contributed by atoms with Gasteiger partial charge in [-0.25, -0.2) is 4.79 Å². The van der Waals surface area contributed by atoms with Crippen molar-refractivity contribution < 1.29 is 14.6 Å². The van der Waals surface area contributed by atoms with Crippen molar-refractivity contribution in [1.29, 1.82) is 0 Å². The molecular weight excluding hydrogens is 588 g/mol. The number of aliphatic carboxylic acids is 1. The maximum atomic E-state index is 12.8. The summed E-state index contributed by atoms with van der Waals surface area (Å²) in [6.45, 7) is 0.569. The fourth-order valence-corrected chi connectivity index (χ4v) is 8.74. The molecule has 0 aliphatic heterocycles. The Morgan fingerprint density at radius 3 is 2.59 bits per heavy atom. The highest BCUT2D eigenvalue weighted by atomic mass is 35.5. The molecule has 1 saturated carbocycles. The van der Waals surface area contributed by atoms with Gasteiger partial charge in [-0.15, -0.1) is 11.3 Å². The second-order valence-electron chi connectivity index (χ2n) is 12.3. The van der Waals surface area contributed by atoms with E-state index in [1.54, 1.807) is 17.4 Å². The van der Waals surface area contributed by atoms with E-state index >= 15 is 0 Å². The molecule has 1 unspecified atom stereocenters. The Hall–Kier alpha value is -3.87. The third-order valence-electron chi connectivity index (χ3n) is 10.0. The molecule has 1 spiro atoms. The van der Waals surface area contributed by atoms with Gasteiger partial charge < -0.3 is 15.2 Å². The molecule has 0 saturated heterocycles. The number of carboxylic acid groups (broad SMARTS) is 1. The predicted octanol–water partition coefficient (Wildman–Crippen LogP) is 9.12. The minimum absolute atomic E-state index is 0.0870. The Morgan fingerprint density at radius 2 is 1.80 bits per heavy atom. The number of nitrogens with zero attached hydrogens (tertiary/aromatic N) is 1. The van der Waals surface area contributed by atoms with Crippen LogP contribution in [0.1, 0.15) is 54.7 Å². The van der Waals surface area contributed by atoms with Crippen molar-refractivity contribution in [2.24, 2.45) is 5.92 Å². The Bertz CT molecular complexity index is 1780. The molecule has 5 nitrogen and oxygen atoms in total. The third-order valence-corrected chi connectivity index (χ3v) is 11.2. The third kappa shape index (κ3) is 5.35. The summed E-state index contributed by atoms with van der Waals surface area (Å²) in [4.78, 5) is 17.3. The van der Waals surface area contributed by atoms with Crippen molar-refractivity contribution in [2.45, 2.75) is 55.4 Å². The number of hydrogen-bond donors (Lipinski definition) is 2. The van der Waals surface area contributed by atoms with Crippen molar-refractivity contribution in [3.05, 3.63) is 124 Å². The van der Waals surface area contributed by atoms with Gasteiger partial charge in [-0.1, -0.05) is 72.3 Å². The van der Waals surface area contributed by atoms with Gasteiger partial charge >= 0.3 is 5.97 Å². The quantitative estimate of drug-likeness (QED) is 0.171. The molecular formula is C37H35ClN2O3S. The average Bonchev–Trinajstić information content (AvgIpc) is 3.64. The number of carboxylic acids is 1. The lowest BCUT2D eigenvalue weighted by molar-refractivity contribution is -0.144. The molecule has 2 aliphatic carbocycles. The van der Waals surface area contributed by atoms with Crippen LogP contribution < -0.4 is 10.1 Å². The summed E-state index contributed by atoms with van der Waals surface area (Å²) in [7, 11) is 0. The van der Waals surface area contributed by atoms with Gasteiger partial charge in [0.1, 0.15) is 11.3 Å². The van der Waals surface area contributed by atoms with E-state index in [2.05, 4.69) is 70.3 Å². The molecule has 2 aliphatic rings. The van der Waals surface area contributed by atoms with Crippen LogP contribution in [0, 0.1) is 5.92 Å². The summed E-state index contributed by atoms with van der Waals surface area (Å²) in [6.07, 6.45) is 6.46. The van der Waals surface area contributed by atoms with E-state index < -0.39 is 11.5 Å². The summed E-state index contributed by atoms with van der Waals surface area (Å²) in [5.74, 6) is 0.631. The highest BCUT2D eigenvalue weighted by molar-refractivity contribution is 7.17. The molecule has 224 valence electrons. The standard InChI is InChI=1S/C37H35ClN2O3S/c38-29-10-6-11-30(23-29)40-37(35(41)42)17-15-36(16-18-37)28(21-26-9-4-5-12-31(26)36)22-27(25-7-2-1-3-8-25)24-43-33-13-19-39-32-14-20-44-34(32)33/h1-14,19-20,23,27-28,40H,15-18,21-22,24H2,(H,41,42)/t27-,28?,36?,37?/m0/s1. The van der Waals surface area contributed by atoms with Gasteiger partial charge in [-0.05, 0) is 102 Å². The first-order valence-corrected chi connectivity index (χ1v) is 16.6.